The van der Waals surface area contributed by atoms with Crippen LogP contribution in [0.5, 0.6) is 0 Å². The molecule has 26 heavy (non-hydrogen) atoms. The predicted molar refractivity (Wildman–Crippen MR) is 106 cm³/mol. The van der Waals surface area contributed by atoms with Crippen LogP contribution in [0.1, 0.15) is 5.56 Å². The highest BCUT2D eigenvalue weighted by molar-refractivity contribution is 7.90. The van der Waals surface area contributed by atoms with Gasteiger partial charge in [-0.15, -0.1) is 0 Å². The van der Waals surface area contributed by atoms with Gasteiger partial charge in [0.15, 0.2) is 0 Å². The van der Waals surface area contributed by atoms with Crippen LogP contribution in [0.15, 0.2) is 71.6 Å². The fraction of sp³-hybridized carbons (Fsp3) is 0. The highest BCUT2D eigenvalue weighted by atomic mass is 35.5. The molecule has 0 atom stereocenters. The van der Waals surface area contributed by atoms with Crippen molar-refractivity contribution >= 4 is 55.6 Å². The van der Waals surface area contributed by atoms with Gasteiger partial charge in [-0.05, 0) is 35.0 Å². The van der Waals surface area contributed by atoms with Crippen LogP contribution < -0.4 is 10.0 Å². The predicted octanol–water partition coefficient (Wildman–Crippen LogP) is 3.86. The number of halogens is 1. The Labute approximate surface area is 161 Å². The van der Waals surface area contributed by atoms with Crippen molar-refractivity contribution in [1.82, 2.24) is 10.0 Å². The summed E-state index contributed by atoms with van der Waals surface area (Å²) in [7, 11) is -4.03. The molecule has 132 valence electrons. The maximum atomic E-state index is 12.2. The van der Waals surface area contributed by atoms with Crippen LogP contribution in [0.4, 0.5) is 4.79 Å². The first-order valence-corrected chi connectivity index (χ1v) is 9.75. The molecule has 0 radical (unpaired) electrons. The first-order chi connectivity index (χ1) is 12.4. The Kier molecular flexibility index (Phi) is 5.22. The van der Waals surface area contributed by atoms with Gasteiger partial charge in [0.05, 0.1) is 4.90 Å². The molecular formula is C18H13ClN2O3S2. The van der Waals surface area contributed by atoms with Gasteiger partial charge in [0.25, 0.3) is 10.0 Å². The van der Waals surface area contributed by atoms with Crippen molar-refractivity contribution in [1.29, 1.82) is 0 Å². The topological polar surface area (TPSA) is 75.3 Å². The summed E-state index contributed by atoms with van der Waals surface area (Å²) >= 11 is 11.0. The Bertz CT molecular complexity index is 1090. The number of benzene rings is 3. The third-order valence-electron chi connectivity index (χ3n) is 3.61. The summed E-state index contributed by atoms with van der Waals surface area (Å²) in [6, 6.07) is 17.6. The van der Waals surface area contributed by atoms with Crippen LogP contribution in [0.3, 0.4) is 0 Å². The number of carbonyl (C=O) groups is 1. The molecule has 5 nitrogen and oxygen atoms in total. The first-order valence-electron chi connectivity index (χ1n) is 7.48. The third kappa shape index (κ3) is 4.01. The zero-order chi connectivity index (χ0) is 18.7. The number of rotatable bonds is 3. The molecule has 0 saturated carbocycles. The van der Waals surface area contributed by atoms with Gasteiger partial charge in [-0.2, -0.15) is 0 Å². The lowest BCUT2D eigenvalue weighted by molar-refractivity contribution is 0.250. The summed E-state index contributed by atoms with van der Waals surface area (Å²) in [6.07, 6.45) is 0. The minimum Gasteiger partial charge on any atom is -0.297 e. The van der Waals surface area contributed by atoms with Crippen molar-refractivity contribution in [2.45, 2.75) is 4.90 Å². The van der Waals surface area contributed by atoms with Gasteiger partial charge in [-0.25, -0.2) is 17.9 Å². The summed E-state index contributed by atoms with van der Waals surface area (Å²) in [6.45, 7) is 0. The number of urea groups is 1. The quantitative estimate of drug-likeness (QED) is 0.650. The van der Waals surface area contributed by atoms with Gasteiger partial charge in [-0.3, -0.25) is 5.32 Å². The van der Waals surface area contributed by atoms with E-state index in [4.69, 9.17) is 23.8 Å². The maximum Gasteiger partial charge on any atom is 0.333 e. The molecule has 2 amide bonds. The molecule has 3 aromatic carbocycles. The average Bonchev–Trinajstić information content (AvgIpc) is 2.61. The lowest BCUT2D eigenvalue weighted by Crippen LogP contribution is -2.42. The number of nitrogens with one attached hydrogen (secondary N) is 2. The zero-order valence-electron chi connectivity index (χ0n) is 13.3. The van der Waals surface area contributed by atoms with E-state index >= 15 is 0 Å². The van der Waals surface area contributed by atoms with E-state index < -0.39 is 16.1 Å². The van der Waals surface area contributed by atoms with E-state index in [0.29, 0.717) is 10.6 Å². The molecule has 3 rings (SSSR count). The molecule has 3 aromatic rings. The Balaban J connectivity index is 1.77. The molecule has 0 bridgehead atoms. The summed E-state index contributed by atoms with van der Waals surface area (Å²) in [4.78, 5) is 12.2. The van der Waals surface area contributed by atoms with Crippen molar-refractivity contribution < 1.29 is 13.2 Å². The molecule has 0 unspecified atom stereocenters. The Morgan fingerprint density at radius 3 is 2.31 bits per heavy atom. The second-order valence-electron chi connectivity index (χ2n) is 5.37. The normalized spacial score (nSPS) is 11.1. The van der Waals surface area contributed by atoms with Crippen molar-refractivity contribution in [3.8, 4) is 0 Å². The summed E-state index contributed by atoms with van der Waals surface area (Å²) in [5.41, 5.74) is 0.636. The first kappa shape index (κ1) is 18.3. The zero-order valence-corrected chi connectivity index (χ0v) is 15.7. The van der Waals surface area contributed by atoms with E-state index in [1.54, 1.807) is 6.07 Å². The number of amides is 2. The molecule has 0 saturated heterocycles. The lowest BCUT2D eigenvalue weighted by Gasteiger charge is -2.11. The molecule has 0 spiro atoms. The van der Waals surface area contributed by atoms with Crippen molar-refractivity contribution in [2.75, 3.05) is 0 Å². The van der Waals surface area contributed by atoms with E-state index in [2.05, 4.69) is 5.32 Å². The Morgan fingerprint density at radius 2 is 1.58 bits per heavy atom. The average molecular weight is 405 g/mol. The molecule has 0 aliphatic carbocycles. The number of hydrogen-bond acceptors (Lipinski definition) is 4. The van der Waals surface area contributed by atoms with Gasteiger partial charge in [0, 0.05) is 10.6 Å². The Morgan fingerprint density at radius 1 is 0.923 bits per heavy atom. The highest BCUT2D eigenvalue weighted by Crippen LogP contribution is 2.19. The number of hydrogen-bond donors (Lipinski definition) is 2. The fourth-order valence-electron chi connectivity index (χ4n) is 2.41. The van der Waals surface area contributed by atoms with Crippen molar-refractivity contribution in [3.05, 3.63) is 77.3 Å². The van der Waals surface area contributed by atoms with Crippen LogP contribution in [0.2, 0.25) is 5.02 Å². The molecule has 2 N–H and O–H groups in total. The van der Waals surface area contributed by atoms with Crippen LogP contribution in [0, 0.1) is 0 Å². The number of thiocarbonyl (C=S) groups is 1. The molecular weight excluding hydrogens is 392 g/mol. The van der Waals surface area contributed by atoms with Gasteiger partial charge >= 0.3 is 6.03 Å². The van der Waals surface area contributed by atoms with Gasteiger partial charge < -0.3 is 0 Å². The second-order valence-corrected chi connectivity index (χ2v) is 7.90. The van der Waals surface area contributed by atoms with E-state index in [9.17, 15) is 13.2 Å². The number of sulfonamides is 1. The largest absolute Gasteiger partial charge is 0.333 e. The maximum absolute atomic E-state index is 12.2. The van der Waals surface area contributed by atoms with Crippen LogP contribution in [-0.4, -0.2) is 19.4 Å². The number of carbonyl (C=O) groups excluding carboxylic acids is 1. The van der Waals surface area contributed by atoms with E-state index in [1.165, 1.54) is 24.3 Å². The molecule has 0 heterocycles. The monoisotopic (exact) mass is 404 g/mol. The standard InChI is InChI=1S/C18H13ClN2O3S2/c19-13-8-10-14(11-9-13)26(23,24)21-18(22)20-17(25)16-7-3-5-12-4-1-2-6-15(12)16/h1-11H,(H2,20,21,22,25). The summed E-state index contributed by atoms with van der Waals surface area (Å²) < 4.78 is 26.4. The van der Waals surface area contributed by atoms with Crippen LogP contribution in [0.25, 0.3) is 10.8 Å². The second kappa shape index (κ2) is 7.41. The van der Waals surface area contributed by atoms with Crippen LogP contribution >= 0.6 is 23.8 Å². The minimum absolute atomic E-state index is 0.0758. The highest BCUT2D eigenvalue weighted by Gasteiger charge is 2.19. The van der Waals surface area contributed by atoms with E-state index in [-0.39, 0.29) is 9.88 Å². The van der Waals surface area contributed by atoms with Crippen molar-refractivity contribution in [3.63, 3.8) is 0 Å². The SMILES string of the molecule is O=C(NC(=S)c1cccc2ccccc12)NS(=O)(=O)c1ccc(Cl)cc1. The van der Waals surface area contributed by atoms with E-state index in [0.717, 1.165) is 10.8 Å². The lowest BCUT2D eigenvalue weighted by atomic mass is 10.0. The third-order valence-corrected chi connectivity index (χ3v) is 5.53. The molecule has 0 aliphatic heterocycles. The smallest absolute Gasteiger partial charge is 0.297 e. The molecule has 0 aromatic heterocycles. The Hall–Kier alpha value is -2.48. The molecule has 8 heteroatoms. The number of fused-ring (bicyclic) bond motifs is 1. The molecule has 0 aliphatic rings. The van der Waals surface area contributed by atoms with Gasteiger partial charge in [0.2, 0.25) is 0 Å². The van der Waals surface area contributed by atoms with Crippen molar-refractivity contribution in [2.24, 2.45) is 0 Å². The van der Waals surface area contributed by atoms with Crippen LogP contribution in [-0.2, 0) is 10.0 Å². The van der Waals surface area contributed by atoms with Gasteiger partial charge in [0.1, 0.15) is 4.99 Å². The van der Waals surface area contributed by atoms with Gasteiger partial charge in [-0.1, -0.05) is 66.3 Å². The summed E-state index contributed by atoms with van der Waals surface area (Å²) in [5.74, 6) is 0. The molecule has 0 fully saturated rings. The fourth-order valence-corrected chi connectivity index (χ4v) is 3.72. The summed E-state index contributed by atoms with van der Waals surface area (Å²) in [5, 5.41) is 4.62. The van der Waals surface area contributed by atoms with E-state index in [1.807, 2.05) is 41.1 Å². The minimum atomic E-state index is -4.03.